The van der Waals surface area contributed by atoms with Crippen LogP contribution in [0.15, 0.2) is 36.8 Å². The maximum atomic E-state index is 5.52. The van der Waals surface area contributed by atoms with Gasteiger partial charge in [0.2, 0.25) is 0 Å². The van der Waals surface area contributed by atoms with Crippen molar-refractivity contribution in [3.63, 3.8) is 0 Å². The van der Waals surface area contributed by atoms with Gasteiger partial charge in [-0.2, -0.15) is 0 Å². The monoisotopic (exact) mass is 243 g/mol. The number of nitrogen functional groups attached to an aromatic ring is 1. The maximum Gasteiger partial charge on any atom is 0.141 e. The molecule has 0 aliphatic rings. The van der Waals surface area contributed by atoms with Crippen molar-refractivity contribution in [1.29, 1.82) is 0 Å². The summed E-state index contributed by atoms with van der Waals surface area (Å²) < 4.78 is 0. The number of nitrogens with zero attached hydrogens (tertiary/aromatic N) is 4. The predicted molar refractivity (Wildman–Crippen MR) is 70.5 cm³/mol. The van der Waals surface area contributed by atoms with Gasteiger partial charge in [-0.05, 0) is 18.7 Å². The molecule has 0 spiro atoms. The average molecular weight is 243 g/mol. The minimum Gasteiger partial charge on any atom is -0.382 e. The molecule has 0 unspecified atom stereocenters. The molecule has 94 valence electrons. The molecule has 5 nitrogen and oxygen atoms in total. The fraction of sp³-hybridized carbons (Fsp3) is 0.308. The lowest BCUT2D eigenvalue weighted by Gasteiger charge is -2.19. The van der Waals surface area contributed by atoms with Crippen LogP contribution in [-0.4, -0.2) is 26.4 Å². The van der Waals surface area contributed by atoms with Gasteiger partial charge in [-0.1, -0.05) is 13.0 Å². The third-order valence-electron chi connectivity index (χ3n) is 2.67. The van der Waals surface area contributed by atoms with Crippen LogP contribution >= 0.6 is 0 Å². The Morgan fingerprint density at radius 3 is 2.50 bits per heavy atom. The standard InChI is InChI=1S/C13H17N5/c1-2-18(9-11-5-3-4-6-15-11)10-12-7-17-13(14)8-16-12/h3-8H,2,9-10H2,1H3,(H2,14,17). The highest BCUT2D eigenvalue weighted by molar-refractivity contribution is 5.22. The van der Waals surface area contributed by atoms with E-state index < -0.39 is 0 Å². The molecule has 2 N–H and O–H groups in total. The number of aromatic nitrogens is 3. The van der Waals surface area contributed by atoms with Gasteiger partial charge < -0.3 is 5.73 Å². The summed E-state index contributed by atoms with van der Waals surface area (Å²) in [5.74, 6) is 0.450. The number of nitrogens with two attached hydrogens (primary N) is 1. The second-order valence-electron chi connectivity index (χ2n) is 4.06. The van der Waals surface area contributed by atoms with Crippen molar-refractivity contribution in [3.8, 4) is 0 Å². The lowest BCUT2D eigenvalue weighted by molar-refractivity contribution is 0.264. The Morgan fingerprint density at radius 1 is 1.06 bits per heavy atom. The van der Waals surface area contributed by atoms with E-state index in [0.717, 1.165) is 31.0 Å². The molecule has 0 bridgehead atoms. The Bertz CT molecular complexity index is 469. The molecule has 2 aromatic rings. The van der Waals surface area contributed by atoms with Crippen LogP contribution in [0.5, 0.6) is 0 Å². The van der Waals surface area contributed by atoms with Gasteiger partial charge >= 0.3 is 0 Å². The zero-order chi connectivity index (χ0) is 12.8. The Hall–Kier alpha value is -2.01. The van der Waals surface area contributed by atoms with E-state index in [2.05, 4.69) is 26.8 Å². The summed E-state index contributed by atoms with van der Waals surface area (Å²) in [5, 5.41) is 0. The highest BCUT2D eigenvalue weighted by Crippen LogP contribution is 2.06. The quantitative estimate of drug-likeness (QED) is 0.861. The molecule has 0 fully saturated rings. The van der Waals surface area contributed by atoms with Gasteiger partial charge in [0.1, 0.15) is 5.82 Å². The summed E-state index contributed by atoms with van der Waals surface area (Å²) in [6.45, 7) is 4.61. The first kappa shape index (κ1) is 12.4. The Labute approximate surface area is 107 Å². The highest BCUT2D eigenvalue weighted by Gasteiger charge is 2.06. The van der Waals surface area contributed by atoms with Crippen molar-refractivity contribution in [1.82, 2.24) is 19.9 Å². The minimum atomic E-state index is 0.450. The molecular formula is C13H17N5. The second-order valence-corrected chi connectivity index (χ2v) is 4.06. The first-order valence-electron chi connectivity index (χ1n) is 5.96. The summed E-state index contributed by atoms with van der Waals surface area (Å²) in [6, 6.07) is 5.95. The summed E-state index contributed by atoms with van der Waals surface area (Å²) in [7, 11) is 0. The van der Waals surface area contributed by atoms with E-state index in [1.165, 1.54) is 0 Å². The fourth-order valence-electron chi connectivity index (χ4n) is 1.68. The molecule has 2 rings (SSSR count). The smallest absolute Gasteiger partial charge is 0.141 e. The molecule has 0 radical (unpaired) electrons. The Balaban J connectivity index is 1.99. The van der Waals surface area contributed by atoms with Crippen molar-refractivity contribution in [2.24, 2.45) is 0 Å². The van der Waals surface area contributed by atoms with Crippen LogP contribution in [0.4, 0.5) is 5.82 Å². The van der Waals surface area contributed by atoms with E-state index in [9.17, 15) is 0 Å². The number of rotatable bonds is 5. The second kappa shape index (κ2) is 6.07. The van der Waals surface area contributed by atoms with Crippen LogP contribution < -0.4 is 5.73 Å². The predicted octanol–water partition coefficient (Wildman–Crippen LogP) is 1.48. The fourth-order valence-corrected chi connectivity index (χ4v) is 1.68. The number of anilines is 1. The Kier molecular flexibility index (Phi) is 4.20. The zero-order valence-electron chi connectivity index (χ0n) is 10.5. The molecule has 5 heteroatoms. The third-order valence-corrected chi connectivity index (χ3v) is 2.67. The molecule has 0 aliphatic carbocycles. The van der Waals surface area contributed by atoms with E-state index in [-0.39, 0.29) is 0 Å². The first-order valence-corrected chi connectivity index (χ1v) is 5.96. The highest BCUT2D eigenvalue weighted by atomic mass is 15.1. The van der Waals surface area contributed by atoms with E-state index in [4.69, 9.17) is 5.73 Å². The number of pyridine rings is 1. The largest absolute Gasteiger partial charge is 0.382 e. The minimum absolute atomic E-state index is 0.450. The number of hydrogen-bond acceptors (Lipinski definition) is 5. The third kappa shape index (κ3) is 3.49. The molecular weight excluding hydrogens is 226 g/mol. The summed E-state index contributed by atoms with van der Waals surface area (Å²) in [6.07, 6.45) is 5.12. The molecule has 0 amide bonds. The van der Waals surface area contributed by atoms with Gasteiger partial charge in [-0.15, -0.1) is 0 Å². The molecule has 0 saturated carbocycles. The van der Waals surface area contributed by atoms with Gasteiger partial charge in [0, 0.05) is 19.3 Å². The van der Waals surface area contributed by atoms with E-state index >= 15 is 0 Å². The summed E-state index contributed by atoms with van der Waals surface area (Å²) in [5.41, 5.74) is 7.49. The Morgan fingerprint density at radius 2 is 1.89 bits per heavy atom. The van der Waals surface area contributed by atoms with Gasteiger partial charge in [0.25, 0.3) is 0 Å². The summed E-state index contributed by atoms with van der Waals surface area (Å²) in [4.78, 5) is 14.9. The molecule has 2 heterocycles. The topological polar surface area (TPSA) is 67.9 Å². The van der Waals surface area contributed by atoms with Crippen molar-refractivity contribution >= 4 is 5.82 Å². The lowest BCUT2D eigenvalue weighted by Crippen LogP contribution is -2.23. The average Bonchev–Trinajstić information content (AvgIpc) is 2.41. The maximum absolute atomic E-state index is 5.52. The molecule has 2 aromatic heterocycles. The van der Waals surface area contributed by atoms with Crippen molar-refractivity contribution < 1.29 is 0 Å². The SMILES string of the molecule is CCN(Cc1ccccn1)Cc1cnc(N)cn1. The van der Waals surface area contributed by atoms with Crippen LogP contribution in [0, 0.1) is 0 Å². The van der Waals surface area contributed by atoms with Gasteiger partial charge in [-0.3, -0.25) is 14.9 Å². The van der Waals surface area contributed by atoms with E-state index in [1.54, 1.807) is 12.4 Å². The van der Waals surface area contributed by atoms with Gasteiger partial charge in [-0.25, -0.2) is 4.98 Å². The lowest BCUT2D eigenvalue weighted by atomic mass is 10.3. The summed E-state index contributed by atoms with van der Waals surface area (Å²) >= 11 is 0. The van der Waals surface area contributed by atoms with Crippen LogP contribution in [-0.2, 0) is 13.1 Å². The molecule has 18 heavy (non-hydrogen) atoms. The molecule has 0 atom stereocenters. The van der Waals surface area contributed by atoms with Crippen molar-refractivity contribution in [2.75, 3.05) is 12.3 Å². The number of hydrogen-bond donors (Lipinski definition) is 1. The van der Waals surface area contributed by atoms with Crippen molar-refractivity contribution in [3.05, 3.63) is 48.2 Å². The van der Waals surface area contributed by atoms with Crippen molar-refractivity contribution in [2.45, 2.75) is 20.0 Å². The van der Waals surface area contributed by atoms with E-state index in [0.29, 0.717) is 5.82 Å². The van der Waals surface area contributed by atoms with Crippen LogP contribution in [0.3, 0.4) is 0 Å². The molecule has 0 aliphatic heterocycles. The molecule has 0 saturated heterocycles. The first-order chi connectivity index (χ1) is 8.78. The zero-order valence-corrected chi connectivity index (χ0v) is 10.5. The van der Waals surface area contributed by atoms with Gasteiger partial charge in [0.05, 0.1) is 23.8 Å². The van der Waals surface area contributed by atoms with Crippen LogP contribution in [0.1, 0.15) is 18.3 Å². The molecule has 0 aromatic carbocycles. The normalized spacial score (nSPS) is 10.8. The van der Waals surface area contributed by atoms with Crippen LogP contribution in [0.2, 0.25) is 0 Å². The van der Waals surface area contributed by atoms with Gasteiger partial charge in [0.15, 0.2) is 0 Å². The van der Waals surface area contributed by atoms with Crippen LogP contribution in [0.25, 0.3) is 0 Å². The van der Waals surface area contributed by atoms with E-state index in [1.807, 2.05) is 24.4 Å².